The molecule has 0 atom stereocenters. The first-order valence-electron chi connectivity index (χ1n) is 3.18. The molecule has 0 unspecified atom stereocenters. The van der Waals surface area contributed by atoms with E-state index in [1.807, 2.05) is 0 Å². The molecule has 0 amide bonds. The maximum atomic E-state index is 10.9. The molecule has 0 aliphatic heterocycles. The Bertz CT molecular complexity index is 358. The Morgan fingerprint density at radius 2 is 2.33 bits per heavy atom. The average Bonchev–Trinajstić information content (AvgIpc) is 1.96. The van der Waals surface area contributed by atoms with Gasteiger partial charge >= 0.3 is 5.97 Å². The quantitative estimate of drug-likeness (QED) is 0.715. The first kappa shape index (κ1) is 8.80. The van der Waals surface area contributed by atoms with Gasteiger partial charge in [-0.1, -0.05) is 11.6 Å². The number of aromatic nitrogens is 1. The van der Waals surface area contributed by atoms with Crippen molar-refractivity contribution in [2.75, 3.05) is 0 Å². The number of hydrogen-bond donors (Lipinski definition) is 2. The number of rotatable bonds is 2. The third-order valence-corrected chi connectivity index (χ3v) is 1.56. The van der Waals surface area contributed by atoms with Crippen LogP contribution in [0.3, 0.4) is 0 Å². The maximum Gasteiger partial charge on any atom is 0.309 e. The summed E-state index contributed by atoms with van der Waals surface area (Å²) in [5.41, 5.74) is -0.0245. The highest BCUT2D eigenvalue weighted by Gasteiger charge is 2.02. The van der Waals surface area contributed by atoms with Crippen molar-refractivity contribution in [3.05, 3.63) is 33.2 Å². The molecule has 5 heteroatoms. The van der Waals surface area contributed by atoms with Gasteiger partial charge in [0.15, 0.2) is 5.43 Å². The van der Waals surface area contributed by atoms with Crippen LogP contribution in [0.5, 0.6) is 0 Å². The Morgan fingerprint density at radius 1 is 1.67 bits per heavy atom. The summed E-state index contributed by atoms with van der Waals surface area (Å²) in [6.07, 6.45) is 1.08. The first-order chi connectivity index (χ1) is 5.59. The lowest BCUT2D eigenvalue weighted by molar-refractivity contribution is -0.136. The Labute approximate surface area is 72.8 Å². The topological polar surface area (TPSA) is 70.2 Å². The number of nitrogens with one attached hydrogen (secondary N) is 1. The fourth-order valence-electron chi connectivity index (χ4n) is 0.761. The molecule has 12 heavy (non-hydrogen) atoms. The maximum absolute atomic E-state index is 10.9. The smallest absolute Gasteiger partial charge is 0.309 e. The second-order valence-corrected chi connectivity index (χ2v) is 2.65. The molecule has 0 aromatic carbocycles. The van der Waals surface area contributed by atoms with Gasteiger partial charge in [0.05, 0.1) is 6.42 Å². The van der Waals surface area contributed by atoms with E-state index < -0.39 is 5.97 Å². The molecule has 1 heterocycles. The summed E-state index contributed by atoms with van der Waals surface area (Å²) in [7, 11) is 0. The van der Waals surface area contributed by atoms with Gasteiger partial charge in [0.2, 0.25) is 0 Å². The van der Waals surface area contributed by atoms with Crippen molar-refractivity contribution in [2.24, 2.45) is 0 Å². The molecule has 0 saturated carbocycles. The predicted octanol–water partition coefficient (Wildman–Crippen LogP) is 0.655. The third-order valence-electron chi connectivity index (χ3n) is 1.27. The van der Waals surface area contributed by atoms with Gasteiger partial charge in [0.1, 0.15) is 5.02 Å². The lowest BCUT2D eigenvalue weighted by Crippen LogP contribution is -2.08. The minimum atomic E-state index is -0.993. The van der Waals surface area contributed by atoms with Gasteiger partial charge in [-0.05, 0) is 0 Å². The molecule has 1 aromatic heterocycles. The molecule has 0 bridgehead atoms. The zero-order valence-electron chi connectivity index (χ0n) is 6.00. The standard InChI is InChI=1S/C7H6ClNO3/c8-5-3-9-4(1-6(5)10)2-7(11)12/h1,3H,2H2,(H,9,10)(H,11,12). The van der Waals surface area contributed by atoms with E-state index in [-0.39, 0.29) is 16.9 Å². The Balaban J connectivity index is 2.97. The van der Waals surface area contributed by atoms with E-state index in [1.54, 1.807) is 0 Å². The van der Waals surface area contributed by atoms with E-state index in [2.05, 4.69) is 4.98 Å². The largest absolute Gasteiger partial charge is 0.481 e. The summed E-state index contributed by atoms with van der Waals surface area (Å²) in [6, 6.07) is 1.18. The van der Waals surface area contributed by atoms with Crippen LogP contribution < -0.4 is 5.43 Å². The van der Waals surface area contributed by atoms with Gasteiger partial charge in [-0.25, -0.2) is 0 Å². The van der Waals surface area contributed by atoms with Crippen LogP contribution in [0.2, 0.25) is 5.02 Å². The number of carboxylic acids is 1. The van der Waals surface area contributed by atoms with Gasteiger partial charge < -0.3 is 10.1 Å². The summed E-state index contributed by atoms with van der Waals surface area (Å²) in [4.78, 5) is 23.7. The normalized spacial score (nSPS) is 9.75. The lowest BCUT2D eigenvalue weighted by atomic mass is 10.3. The fraction of sp³-hybridized carbons (Fsp3) is 0.143. The first-order valence-corrected chi connectivity index (χ1v) is 3.56. The molecule has 1 aromatic rings. The van der Waals surface area contributed by atoms with Crippen LogP contribution in [-0.4, -0.2) is 16.1 Å². The molecule has 0 fully saturated rings. The van der Waals surface area contributed by atoms with E-state index in [0.717, 1.165) is 0 Å². The Hall–Kier alpha value is -1.29. The SMILES string of the molecule is O=C(O)Cc1cc(=O)c(Cl)c[nH]1. The number of pyridine rings is 1. The van der Waals surface area contributed by atoms with Crippen molar-refractivity contribution in [3.8, 4) is 0 Å². The highest BCUT2D eigenvalue weighted by Crippen LogP contribution is 1.99. The highest BCUT2D eigenvalue weighted by atomic mass is 35.5. The molecular formula is C7H6ClNO3. The van der Waals surface area contributed by atoms with Crippen LogP contribution in [-0.2, 0) is 11.2 Å². The summed E-state index contributed by atoms with van der Waals surface area (Å²) < 4.78 is 0. The fourth-order valence-corrected chi connectivity index (χ4v) is 0.870. The van der Waals surface area contributed by atoms with E-state index >= 15 is 0 Å². The summed E-state index contributed by atoms with van der Waals surface area (Å²) >= 11 is 5.43. The molecule has 0 aliphatic rings. The van der Waals surface area contributed by atoms with E-state index in [4.69, 9.17) is 16.7 Å². The van der Waals surface area contributed by atoms with Crippen LogP contribution in [0, 0.1) is 0 Å². The molecule has 1 rings (SSSR count). The predicted molar refractivity (Wildman–Crippen MR) is 43.4 cm³/mol. The lowest BCUT2D eigenvalue weighted by Gasteiger charge is -1.95. The molecule has 0 saturated heterocycles. The number of halogens is 1. The van der Waals surface area contributed by atoms with E-state index in [0.29, 0.717) is 5.69 Å². The minimum Gasteiger partial charge on any atom is -0.481 e. The van der Waals surface area contributed by atoms with Gasteiger partial charge in [-0.15, -0.1) is 0 Å². The van der Waals surface area contributed by atoms with Crippen LogP contribution in [0.1, 0.15) is 5.69 Å². The number of carbonyl (C=O) groups is 1. The summed E-state index contributed by atoms with van der Waals surface area (Å²) in [5, 5.41) is 8.43. The Morgan fingerprint density at radius 3 is 2.83 bits per heavy atom. The highest BCUT2D eigenvalue weighted by molar-refractivity contribution is 6.30. The molecule has 64 valence electrons. The van der Waals surface area contributed by atoms with Crippen molar-refractivity contribution in [2.45, 2.75) is 6.42 Å². The van der Waals surface area contributed by atoms with Gasteiger partial charge in [-0.2, -0.15) is 0 Å². The third kappa shape index (κ3) is 2.10. The summed E-state index contributed by atoms with van der Waals surface area (Å²) in [5.74, 6) is -0.993. The number of aromatic amines is 1. The Kier molecular flexibility index (Phi) is 2.50. The van der Waals surface area contributed by atoms with E-state index in [1.165, 1.54) is 12.3 Å². The van der Waals surface area contributed by atoms with Crippen LogP contribution in [0.4, 0.5) is 0 Å². The second-order valence-electron chi connectivity index (χ2n) is 2.24. The van der Waals surface area contributed by atoms with Gasteiger partial charge in [0.25, 0.3) is 0 Å². The monoisotopic (exact) mass is 187 g/mol. The van der Waals surface area contributed by atoms with Crippen molar-refractivity contribution in [3.63, 3.8) is 0 Å². The number of hydrogen-bond acceptors (Lipinski definition) is 2. The van der Waals surface area contributed by atoms with Crippen molar-refractivity contribution >= 4 is 17.6 Å². The number of aliphatic carboxylic acids is 1. The zero-order valence-corrected chi connectivity index (χ0v) is 6.76. The molecule has 4 nitrogen and oxygen atoms in total. The minimum absolute atomic E-state index is 0.0594. The van der Waals surface area contributed by atoms with E-state index in [9.17, 15) is 9.59 Å². The van der Waals surface area contributed by atoms with Crippen LogP contribution >= 0.6 is 11.6 Å². The molecule has 2 N–H and O–H groups in total. The number of carboxylic acid groups (broad SMARTS) is 1. The molecular weight excluding hydrogens is 182 g/mol. The van der Waals surface area contributed by atoms with Crippen molar-refractivity contribution in [1.29, 1.82) is 0 Å². The molecule has 0 aliphatic carbocycles. The number of H-pyrrole nitrogens is 1. The van der Waals surface area contributed by atoms with Gasteiger partial charge in [0, 0.05) is 18.0 Å². The van der Waals surface area contributed by atoms with Crippen LogP contribution in [0.15, 0.2) is 17.1 Å². The molecule has 0 radical (unpaired) electrons. The summed E-state index contributed by atoms with van der Waals surface area (Å²) in [6.45, 7) is 0. The average molecular weight is 188 g/mol. The zero-order chi connectivity index (χ0) is 9.14. The van der Waals surface area contributed by atoms with Gasteiger partial charge in [-0.3, -0.25) is 9.59 Å². The van der Waals surface area contributed by atoms with Crippen LogP contribution in [0.25, 0.3) is 0 Å². The van der Waals surface area contributed by atoms with Crippen molar-refractivity contribution < 1.29 is 9.90 Å². The second kappa shape index (κ2) is 3.40. The van der Waals surface area contributed by atoms with Crippen molar-refractivity contribution in [1.82, 2.24) is 4.98 Å². The molecule has 0 spiro atoms.